The smallest absolute Gasteiger partial charge is 0.0206 e. The Hall–Kier alpha value is -0.860. The van der Waals surface area contributed by atoms with Gasteiger partial charge in [-0.2, -0.15) is 0 Å². The van der Waals surface area contributed by atoms with Crippen LogP contribution in [0.3, 0.4) is 0 Å². The lowest BCUT2D eigenvalue weighted by atomic mass is 10.1. The molecular formula is C21H38N2. The van der Waals surface area contributed by atoms with E-state index in [4.69, 9.17) is 5.73 Å². The molecule has 0 unspecified atom stereocenters. The van der Waals surface area contributed by atoms with Gasteiger partial charge in [-0.1, -0.05) is 95.0 Å². The Balaban J connectivity index is 1.82. The number of rotatable bonds is 15. The third-order valence-corrected chi connectivity index (χ3v) is 4.45. The van der Waals surface area contributed by atoms with Gasteiger partial charge < -0.3 is 11.1 Å². The first-order valence-electron chi connectivity index (χ1n) is 9.83. The third-order valence-electron chi connectivity index (χ3n) is 4.45. The van der Waals surface area contributed by atoms with E-state index in [2.05, 4.69) is 42.6 Å². The summed E-state index contributed by atoms with van der Waals surface area (Å²) >= 11 is 0. The van der Waals surface area contributed by atoms with Gasteiger partial charge in [0.25, 0.3) is 0 Å². The summed E-state index contributed by atoms with van der Waals surface area (Å²) in [5.41, 5.74) is 7.51. The lowest BCUT2D eigenvalue weighted by Gasteiger charge is -2.12. The van der Waals surface area contributed by atoms with Crippen molar-refractivity contribution in [1.82, 2.24) is 5.32 Å². The maximum absolute atomic E-state index is 6.17. The Morgan fingerprint density at radius 2 is 1.39 bits per heavy atom. The van der Waals surface area contributed by atoms with Gasteiger partial charge in [0.05, 0.1) is 0 Å². The van der Waals surface area contributed by atoms with E-state index in [0.29, 0.717) is 0 Å². The Morgan fingerprint density at radius 1 is 0.826 bits per heavy atom. The van der Waals surface area contributed by atoms with Crippen LogP contribution in [0, 0.1) is 0 Å². The molecule has 0 saturated heterocycles. The predicted octanol–water partition coefficient (Wildman–Crippen LogP) is 5.07. The monoisotopic (exact) mass is 318 g/mol. The highest BCUT2D eigenvalue weighted by Crippen LogP contribution is 2.10. The summed E-state index contributed by atoms with van der Waals surface area (Å²) in [6, 6.07) is 10.8. The third kappa shape index (κ3) is 12.3. The van der Waals surface area contributed by atoms with E-state index in [1.807, 2.05) is 0 Å². The fourth-order valence-electron chi connectivity index (χ4n) is 3.01. The zero-order valence-electron chi connectivity index (χ0n) is 15.2. The van der Waals surface area contributed by atoms with Crippen molar-refractivity contribution in [2.45, 2.75) is 83.6 Å². The molecule has 0 aliphatic heterocycles. The van der Waals surface area contributed by atoms with Crippen LogP contribution in [0.2, 0.25) is 0 Å². The van der Waals surface area contributed by atoms with Crippen LogP contribution in [0.25, 0.3) is 0 Å². The first kappa shape index (κ1) is 20.2. The molecule has 23 heavy (non-hydrogen) atoms. The Kier molecular flexibility index (Phi) is 12.9. The van der Waals surface area contributed by atoms with E-state index in [1.165, 1.54) is 69.8 Å². The minimum atomic E-state index is 0.223. The van der Waals surface area contributed by atoms with Crippen molar-refractivity contribution < 1.29 is 0 Å². The molecule has 132 valence electrons. The van der Waals surface area contributed by atoms with Crippen LogP contribution in [-0.2, 0) is 6.42 Å². The van der Waals surface area contributed by atoms with Gasteiger partial charge in [-0.3, -0.25) is 0 Å². The maximum atomic E-state index is 6.17. The molecule has 0 bridgehead atoms. The van der Waals surface area contributed by atoms with Crippen molar-refractivity contribution in [3.8, 4) is 0 Å². The molecule has 0 radical (unpaired) electrons. The van der Waals surface area contributed by atoms with Crippen LogP contribution in [-0.4, -0.2) is 19.1 Å². The van der Waals surface area contributed by atoms with E-state index in [-0.39, 0.29) is 6.04 Å². The molecule has 0 aliphatic rings. The van der Waals surface area contributed by atoms with Gasteiger partial charge in [0.2, 0.25) is 0 Å². The van der Waals surface area contributed by atoms with Crippen molar-refractivity contribution in [1.29, 1.82) is 0 Å². The second kappa shape index (κ2) is 14.7. The molecule has 1 aromatic carbocycles. The van der Waals surface area contributed by atoms with Crippen LogP contribution in [0.4, 0.5) is 0 Å². The van der Waals surface area contributed by atoms with E-state index in [1.54, 1.807) is 0 Å². The summed E-state index contributed by atoms with van der Waals surface area (Å²) in [7, 11) is 0. The first-order chi connectivity index (χ1) is 11.3. The van der Waals surface area contributed by atoms with Crippen LogP contribution in [0.15, 0.2) is 30.3 Å². The molecule has 0 amide bonds. The number of nitrogens with one attached hydrogen (secondary N) is 1. The largest absolute Gasteiger partial charge is 0.326 e. The van der Waals surface area contributed by atoms with Crippen LogP contribution >= 0.6 is 0 Å². The van der Waals surface area contributed by atoms with Crippen molar-refractivity contribution in [3.05, 3.63) is 35.9 Å². The highest BCUT2D eigenvalue weighted by molar-refractivity contribution is 5.15. The molecule has 0 aromatic heterocycles. The van der Waals surface area contributed by atoms with Crippen LogP contribution in [0.5, 0.6) is 0 Å². The number of benzene rings is 1. The Labute approximate surface area is 144 Å². The summed E-state index contributed by atoms with van der Waals surface area (Å²) in [6.45, 7) is 4.31. The van der Waals surface area contributed by atoms with Crippen molar-refractivity contribution >= 4 is 0 Å². The fourth-order valence-corrected chi connectivity index (χ4v) is 3.01. The molecule has 1 aromatic rings. The summed E-state index contributed by atoms with van der Waals surface area (Å²) in [6.07, 6.45) is 14.9. The average molecular weight is 319 g/mol. The number of hydrogen-bond donors (Lipinski definition) is 2. The summed E-state index contributed by atoms with van der Waals surface area (Å²) in [5, 5.41) is 3.51. The predicted molar refractivity (Wildman–Crippen MR) is 103 cm³/mol. The maximum Gasteiger partial charge on any atom is 0.0206 e. The van der Waals surface area contributed by atoms with E-state index in [0.717, 1.165) is 19.5 Å². The quantitative estimate of drug-likeness (QED) is 0.443. The molecule has 2 heteroatoms. The molecule has 0 spiro atoms. The van der Waals surface area contributed by atoms with E-state index in [9.17, 15) is 0 Å². The lowest BCUT2D eigenvalue weighted by molar-refractivity contribution is 0.526. The highest BCUT2D eigenvalue weighted by atomic mass is 14.9. The Morgan fingerprint density at radius 3 is 2.00 bits per heavy atom. The van der Waals surface area contributed by atoms with Gasteiger partial charge in [-0.05, 0) is 24.9 Å². The minimum absolute atomic E-state index is 0.223. The van der Waals surface area contributed by atoms with Gasteiger partial charge in [-0.15, -0.1) is 0 Å². The zero-order chi connectivity index (χ0) is 16.6. The van der Waals surface area contributed by atoms with Crippen LogP contribution < -0.4 is 11.1 Å². The standard InChI is InChI=1S/C21H38N2/c1-2-3-4-5-6-7-8-9-10-14-17-23-19-21(22)18-20-15-12-11-13-16-20/h11-13,15-16,21,23H,2-10,14,17-19,22H2,1H3/t21-/m0/s1. The normalized spacial score (nSPS) is 12.4. The lowest BCUT2D eigenvalue weighted by Crippen LogP contribution is -2.35. The minimum Gasteiger partial charge on any atom is -0.326 e. The molecule has 2 nitrogen and oxygen atoms in total. The average Bonchev–Trinajstić information content (AvgIpc) is 2.57. The van der Waals surface area contributed by atoms with Gasteiger partial charge in [0.15, 0.2) is 0 Å². The van der Waals surface area contributed by atoms with Crippen molar-refractivity contribution in [2.24, 2.45) is 5.73 Å². The number of unbranched alkanes of at least 4 members (excludes halogenated alkanes) is 9. The van der Waals surface area contributed by atoms with Gasteiger partial charge in [0, 0.05) is 12.6 Å². The molecule has 0 saturated carbocycles. The van der Waals surface area contributed by atoms with Crippen molar-refractivity contribution in [2.75, 3.05) is 13.1 Å². The molecule has 1 rings (SSSR count). The molecule has 0 fully saturated rings. The summed E-state index contributed by atoms with van der Waals surface area (Å²) in [5.74, 6) is 0. The SMILES string of the molecule is CCCCCCCCCCCCNC[C@@H](N)Cc1ccccc1. The summed E-state index contributed by atoms with van der Waals surface area (Å²) < 4.78 is 0. The molecular weight excluding hydrogens is 280 g/mol. The fraction of sp³-hybridized carbons (Fsp3) is 0.714. The van der Waals surface area contributed by atoms with Gasteiger partial charge >= 0.3 is 0 Å². The molecule has 1 atom stereocenters. The van der Waals surface area contributed by atoms with Gasteiger partial charge in [-0.25, -0.2) is 0 Å². The second-order valence-corrected chi connectivity index (χ2v) is 6.84. The van der Waals surface area contributed by atoms with Gasteiger partial charge in [0.1, 0.15) is 0 Å². The van der Waals surface area contributed by atoms with E-state index >= 15 is 0 Å². The topological polar surface area (TPSA) is 38.0 Å². The molecule has 3 N–H and O–H groups in total. The van der Waals surface area contributed by atoms with Crippen LogP contribution in [0.1, 0.15) is 76.7 Å². The highest BCUT2D eigenvalue weighted by Gasteiger charge is 2.02. The molecule has 0 aliphatic carbocycles. The van der Waals surface area contributed by atoms with E-state index < -0.39 is 0 Å². The first-order valence-corrected chi connectivity index (χ1v) is 9.83. The summed E-state index contributed by atoms with van der Waals surface area (Å²) in [4.78, 5) is 0. The second-order valence-electron chi connectivity index (χ2n) is 6.84. The Bertz CT molecular complexity index is 350. The molecule has 0 heterocycles. The number of nitrogens with two attached hydrogens (primary N) is 1. The zero-order valence-corrected chi connectivity index (χ0v) is 15.2. The number of hydrogen-bond acceptors (Lipinski definition) is 2. The van der Waals surface area contributed by atoms with Crippen molar-refractivity contribution in [3.63, 3.8) is 0 Å².